The van der Waals surface area contributed by atoms with Gasteiger partial charge >= 0.3 is 0 Å². The van der Waals surface area contributed by atoms with Crippen LogP contribution in [0.4, 0.5) is 0 Å². The van der Waals surface area contributed by atoms with Gasteiger partial charge in [0.1, 0.15) is 12.1 Å². The van der Waals surface area contributed by atoms with Crippen molar-refractivity contribution in [2.24, 2.45) is 23.1 Å². The van der Waals surface area contributed by atoms with E-state index in [2.05, 4.69) is 16.0 Å². The molecule has 206 valence electrons. The normalized spacial score (nSPS) is 13.2. The van der Waals surface area contributed by atoms with Crippen molar-refractivity contribution >= 4 is 29.5 Å². The molecule has 10 N–H and O–H groups in total. The molecular formula is C25H40N6O6. The third kappa shape index (κ3) is 12.8. The highest BCUT2D eigenvalue weighted by atomic mass is 16.3. The van der Waals surface area contributed by atoms with Crippen molar-refractivity contribution in [3.8, 4) is 0 Å². The van der Waals surface area contributed by atoms with Gasteiger partial charge in [-0.15, -0.1) is 0 Å². The van der Waals surface area contributed by atoms with E-state index in [-0.39, 0.29) is 31.1 Å². The molecule has 0 aliphatic rings. The maximum absolute atomic E-state index is 12.8. The Hall–Kier alpha value is -3.51. The monoisotopic (exact) mass is 520 g/mol. The van der Waals surface area contributed by atoms with Crippen molar-refractivity contribution in [1.82, 2.24) is 16.0 Å². The molecule has 0 aliphatic heterocycles. The van der Waals surface area contributed by atoms with Crippen LogP contribution in [-0.4, -0.2) is 66.4 Å². The molecule has 0 bridgehead atoms. The zero-order valence-electron chi connectivity index (χ0n) is 21.3. The average molecular weight is 521 g/mol. The molecule has 0 aromatic heterocycles. The number of hydrogen-bond acceptors (Lipinski definition) is 7. The molecule has 37 heavy (non-hydrogen) atoms. The second kappa shape index (κ2) is 17.0. The topological polar surface area (TPSA) is 220 Å². The van der Waals surface area contributed by atoms with Crippen LogP contribution in [0, 0.1) is 5.92 Å². The van der Waals surface area contributed by atoms with E-state index in [9.17, 15) is 24.0 Å². The number of carbonyl (C=O) groups excluding carboxylic acids is 5. The van der Waals surface area contributed by atoms with Crippen molar-refractivity contribution < 1.29 is 29.1 Å². The molecule has 1 rings (SSSR count). The number of amides is 5. The van der Waals surface area contributed by atoms with E-state index in [0.29, 0.717) is 38.8 Å². The molecule has 12 heteroatoms. The third-order valence-electron chi connectivity index (χ3n) is 5.85. The van der Waals surface area contributed by atoms with Gasteiger partial charge in [-0.2, -0.15) is 0 Å². The van der Waals surface area contributed by atoms with E-state index >= 15 is 0 Å². The first-order valence-corrected chi connectivity index (χ1v) is 12.4. The molecule has 1 aromatic carbocycles. The number of nitrogens with two attached hydrogens (primary N) is 3. The number of benzene rings is 1. The number of carbonyl (C=O) groups is 5. The molecule has 3 atom stereocenters. The molecule has 0 radical (unpaired) electrons. The van der Waals surface area contributed by atoms with Gasteiger partial charge in [0.05, 0.1) is 13.0 Å². The number of nitrogens with one attached hydrogen (secondary N) is 3. The molecule has 0 aliphatic carbocycles. The van der Waals surface area contributed by atoms with E-state index < -0.39 is 42.3 Å². The summed E-state index contributed by atoms with van der Waals surface area (Å²) in [4.78, 5) is 59.2. The summed E-state index contributed by atoms with van der Waals surface area (Å²) in [5.41, 5.74) is 17.5. The van der Waals surface area contributed by atoms with Crippen LogP contribution >= 0.6 is 0 Å². The van der Waals surface area contributed by atoms with Gasteiger partial charge in [0.15, 0.2) is 0 Å². The van der Waals surface area contributed by atoms with Gasteiger partial charge in [0.25, 0.3) is 0 Å². The molecule has 0 saturated heterocycles. The Kier molecular flexibility index (Phi) is 14.5. The quantitative estimate of drug-likeness (QED) is 0.112. The van der Waals surface area contributed by atoms with Crippen molar-refractivity contribution in [1.29, 1.82) is 0 Å². The number of unbranched alkanes of at least 4 members (excludes halogenated alkanes) is 1. The minimum Gasteiger partial charge on any atom is -0.394 e. The lowest BCUT2D eigenvalue weighted by molar-refractivity contribution is -0.130. The average Bonchev–Trinajstić information content (AvgIpc) is 2.85. The van der Waals surface area contributed by atoms with Gasteiger partial charge in [-0.05, 0) is 36.8 Å². The van der Waals surface area contributed by atoms with Crippen LogP contribution in [0.15, 0.2) is 24.3 Å². The van der Waals surface area contributed by atoms with E-state index in [4.69, 9.17) is 22.3 Å². The molecule has 12 nitrogen and oxygen atoms in total. The Balaban J connectivity index is 2.52. The largest absolute Gasteiger partial charge is 0.394 e. The number of aliphatic hydroxyl groups excluding tert-OH is 1. The zero-order chi connectivity index (χ0) is 27.8. The molecule has 0 fully saturated rings. The number of aliphatic hydroxyl groups is 1. The molecular weight excluding hydrogens is 480 g/mol. The number of hydrogen-bond donors (Lipinski definition) is 7. The maximum atomic E-state index is 12.8. The summed E-state index contributed by atoms with van der Waals surface area (Å²) < 4.78 is 0. The molecule has 0 spiro atoms. The van der Waals surface area contributed by atoms with E-state index in [1.54, 1.807) is 24.3 Å². The van der Waals surface area contributed by atoms with Crippen molar-refractivity contribution in [2.75, 3.05) is 19.7 Å². The Labute approximate surface area is 217 Å². The fourth-order valence-corrected chi connectivity index (χ4v) is 3.55. The highest BCUT2D eigenvalue weighted by molar-refractivity contribution is 5.90. The molecule has 0 heterocycles. The summed E-state index contributed by atoms with van der Waals surface area (Å²) in [6.07, 6.45) is 2.70. The first kappa shape index (κ1) is 31.5. The summed E-state index contributed by atoms with van der Waals surface area (Å²) in [5.74, 6) is -2.40. The molecule has 5 amide bonds. The minimum absolute atomic E-state index is 0.0966. The van der Waals surface area contributed by atoms with Gasteiger partial charge in [0.2, 0.25) is 29.5 Å². The van der Waals surface area contributed by atoms with Crippen molar-refractivity contribution in [3.05, 3.63) is 35.4 Å². The fraction of sp³-hybridized carbons (Fsp3) is 0.560. The molecule has 1 aromatic rings. The van der Waals surface area contributed by atoms with Crippen LogP contribution in [0.5, 0.6) is 0 Å². The molecule has 0 saturated carbocycles. The smallest absolute Gasteiger partial charge is 0.242 e. The lowest BCUT2D eigenvalue weighted by Gasteiger charge is -2.20. The number of rotatable bonds is 18. The van der Waals surface area contributed by atoms with E-state index in [0.717, 1.165) is 11.1 Å². The predicted octanol–water partition coefficient (Wildman–Crippen LogP) is -1.63. The SMILES string of the molecule is CCC(CCC(=O)NCCCCNC(=O)C(Cc1ccc(CC(N)=O)cc1)NC(=O)C(N)CO)C(N)=O. The van der Waals surface area contributed by atoms with Crippen LogP contribution in [0.25, 0.3) is 0 Å². The Morgan fingerprint density at radius 3 is 2.05 bits per heavy atom. The Morgan fingerprint density at radius 2 is 1.51 bits per heavy atom. The summed E-state index contributed by atoms with van der Waals surface area (Å²) in [7, 11) is 0. The minimum atomic E-state index is -1.16. The molecule has 3 unspecified atom stereocenters. The lowest BCUT2D eigenvalue weighted by atomic mass is 9.99. The van der Waals surface area contributed by atoms with Gasteiger partial charge in [-0.25, -0.2) is 0 Å². The van der Waals surface area contributed by atoms with E-state index in [1.807, 2.05) is 6.92 Å². The van der Waals surface area contributed by atoms with Gasteiger partial charge < -0.3 is 38.3 Å². The number of primary amides is 2. The standard InChI is InChI=1S/C25H40N6O6/c1-2-18(23(28)35)9-10-22(34)29-11-3-4-12-30-25(37)20(31-24(36)19(26)15-32)13-16-5-7-17(8-6-16)14-21(27)33/h5-8,18-20,32H,2-4,9-15,26H2,1H3,(H2,27,33)(H2,28,35)(H,29,34)(H,30,37)(H,31,36). The fourth-order valence-electron chi connectivity index (χ4n) is 3.55. The van der Waals surface area contributed by atoms with Crippen molar-refractivity contribution in [3.63, 3.8) is 0 Å². The summed E-state index contributed by atoms with van der Waals surface area (Å²) in [5, 5.41) is 17.2. The van der Waals surface area contributed by atoms with Crippen LogP contribution in [0.2, 0.25) is 0 Å². The zero-order valence-corrected chi connectivity index (χ0v) is 21.3. The van der Waals surface area contributed by atoms with Crippen molar-refractivity contribution in [2.45, 2.75) is 64.0 Å². The first-order valence-electron chi connectivity index (χ1n) is 12.4. The van der Waals surface area contributed by atoms with Crippen LogP contribution in [0.3, 0.4) is 0 Å². The van der Waals surface area contributed by atoms with Gasteiger partial charge in [-0.3, -0.25) is 24.0 Å². The summed E-state index contributed by atoms with van der Waals surface area (Å²) in [6.45, 7) is 2.03. The third-order valence-corrected chi connectivity index (χ3v) is 5.85. The highest BCUT2D eigenvalue weighted by Gasteiger charge is 2.23. The highest BCUT2D eigenvalue weighted by Crippen LogP contribution is 2.10. The first-order chi connectivity index (χ1) is 17.6. The second-order valence-electron chi connectivity index (χ2n) is 8.91. The van der Waals surface area contributed by atoms with Gasteiger partial charge in [-0.1, -0.05) is 31.2 Å². The van der Waals surface area contributed by atoms with E-state index in [1.165, 1.54) is 0 Å². The summed E-state index contributed by atoms with van der Waals surface area (Å²) >= 11 is 0. The lowest BCUT2D eigenvalue weighted by Crippen LogP contribution is -2.53. The summed E-state index contributed by atoms with van der Waals surface area (Å²) in [6, 6.07) is 4.84. The van der Waals surface area contributed by atoms with Crippen LogP contribution in [-0.2, 0) is 36.8 Å². The van der Waals surface area contributed by atoms with Crippen LogP contribution in [0.1, 0.15) is 50.2 Å². The predicted molar refractivity (Wildman–Crippen MR) is 137 cm³/mol. The second-order valence-corrected chi connectivity index (χ2v) is 8.91. The van der Waals surface area contributed by atoms with Gasteiger partial charge in [0, 0.05) is 31.8 Å². The van der Waals surface area contributed by atoms with Crippen LogP contribution < -0.4 is 33.2 Å². The Bertz CT molecular complexity index is 907. The maximum Gasteiger partial charge on any atom is 0.242 e. The Morgan fingerprint density at radius 1 is 0.919 bits per heavy atom.